The van der Waals surface area contributed by atoms with Crippen LogP contribution in [0.3, 0.4) is 0 Å². The minimum absolute atomic E-state index is 0.0460. The Hall–Kier alpha value is -2.77. The van der Waals surface area contributed by atoms with Crippen molar-refractivity contribution in [1.82, 2.24) is 10.2 Å². The standard InChI is InChI=1S/C23H29N3O5/c27-20(14-17-21(28)26(22(29)25-17)16-7-3-1-4-8-16)24-15-9-10-18-19(13-15)31-23(30-18)11-5-2-6-12-23/h9-10,13,16-17H,1-8,11-12,14H2,(H,24,27)(H,25,29). The van der Waals surface area contributed by atoms with Gasteiger partial charge in [0.1, 0.15) is 6.04 Å². The third-order valence-corrected chi connectivity index (χ3v) is 6.82. The second-order valence-electron chi connectivity index (χ2n) is 9.09. The summed E-state index contributed by atoms with van der Waals surface area (Å²) in [6, 6.07) is 4.10. The summed E-state index contributed by atoms with van der Waals surface area (Å²) in [6.45, 7) is 0. The fourth-order valence-electron chi connectivity index (χ4n) is 5.24. The van der Waals surface area contributed by atoms with Crippen LogP contribution in [0.2, 0.25) is 0 Å². The second kappa shape index (κ2) is 8.05. The highest BCUT2D eigenvalue weighted by Gasteiger charge is 2.44. The molecule has 2 aliphatic heterocycles. The Morgan fingerprint density at radius 1 is 1.03 bits per heavy atom. The Kier molecular flexibility index (Phi) is 5.24. The first-order chi connectivity index (χ1) is 15.0. The van der Waals surface area contributed by atoms with Gasteiger partial charge in [-0.25, -0.2) is 4.79 Å². The molecule has 166 valence electrons. The molecule has 1 unspecified atom stereocenters. The number of carbonyl (C=O) groups is 3. The third-order valence-electron chi connectivity index (χ3n) is 6.82. The van der Waals surface area contributed by atoms with Crippen LogP contribution in [0.1, 0.15) is 70.6 Å². The number of fused-ring (bicyclic) bond motifs is 1. The Balaban J connectivity index is 1.19. The number of amides is 4. The summed E-state index contributed by atoms with van der Waals surface area (Å²) in [5.74, 6) is 0.147. The van der Waals surface area contributed by atoms with E-state index in [0.29, 0.717) is 17.2 Å². The number of imide groups is 1. The highest BCUT2D eigenvalue weighted by molar-refractivity contribution is 6.07. The van der Waals surface area contributed by atoms with Gasteiger partial charge in [0.05, 0.1) is 6.42 Å². The summed E-state index contributed by atoms with van der Waals surface area (Å²) < 4.78 is 12.2. The lowest BCUT2D eigenvalue weighted by Gasteiger charge is -2.31. The number of carbonyl (C=O) groups excluding carboxylic acids is 3. The highest BCUT2D eigenvalue weighted by atomic mass is 16.7. The molecule has 8 heteroatoms. The smallest absolute Gasteiger partial charge is 0.325 e. The molecule has 1 atom stereocenters. The van der Waals surface area contributed by atoms with E-state index in [1.807, 2.05) is 6.07 Å². The van der Waals surface area contributed by atoms with Crippen LogP contribution in [0.25, 0.3) is 0 Å². The van der Waals surface area contributed by atoms with Crippen molar-refractivity contribution in [3.8, 4) is 11.5 Å². The quantitative estimate of drug-likeness (QED) is 0.714. The van der Waals surface area contributed by atoms with E-state index in [1.54, 1.807) is 12.1 Å². The molecule has 0 radical (unpaired) electrons. The van der Waals surface area contributed by atoms with Crippen molar-refractivity contribution in [2.24, 2.45) is 0 Å². The molecule has 4 amide bonds. The summed E-state index contributed by atoms with van der Waals surface area (Å²) >= 11 is 0. The number of ether oxygens (including phenoxy) is 2. The van der Waals surface area contributed by atoms with Crippen molar-refractivity contribution in [2.45, 2.75) is 88.5 Å². The molecule has 5 rings (SSSR count). The zero-order valence-electron chi connectivity index (χ0n) is 17.7. The average molecular weight is 428 g/mol. The predicted molar refractivity (Wildman–Crippen MR) is 113 cm³/mol. The molecule has 2 heterocycles. The van der Waals surface area contributed by atoms with Crippen molar-refractivity contribution < 1.29 is 23.9 Å². The topological polar surface area (TPSA) is 97.0 Å². The van der Waals surface area contributed by atoms with Crippen LogP contribution in [0.4, 0.5) is 10.5 Å². The summed E-state index contributed by atoms with van der Waals surface area (Å²) in [5, 5.41) is 5.50. The van der Waals surface area contributed by atoms with Crippen LogP contribution in [0, 0.1) is 0 Å². The second-order valence-corrected chi connectivity index (χ2v) is 9.09. The normalized spacial score (nSPS) is 25.0. The fraction of sp³-hybridized carbons (Fsp3) is 0.609. The van der Waals surface area contributed by atoms with E-state index in [0.717, 1.165) is 57.8 Å². The molecule has 4 aliphatic rings. The molecule has 0 bridgehead atoms. The van der Waals surface area contributed by atoms with Crippen LogP contribution in [-0.2, 0) is 9.59 Å². The number of anilines is 1. The number of nitrogens with one attached hydrogen (secondary N) is 2. The highest BCUT2D eigenvalue weighted by Crippen LogP contribution is 2.46. The third kappa shape index (κ3) is 3.95. The van der Waals surface area contributed by atoms with Crippen molar-refractivity contribution in [3.63, 3.8) is 0 Å². The van der Waals surface area contributed by atoms with E-state index >= 15 is 0 Å². The maximum atomic E-state index is 12.8. The first-order valence-corrected chi connectivity index (χ1v) is 11.5. The summed E-state index contributed by atoms with van der Waals surface area (Å²) in [6.07, 6.45) is 9.88. The van der Waals surface area contributed by atoms with E-state index < -0.39 is 11.8 Å². The van der Waals surface area contributed by atoms with E-state index in [-0.39, 0.29) is 30.3 Å². The minimum Gasteiger partial charge on any atom is -0.448 e. The van der Waals surface area contributed by atoms with Crippen molar-refractivity contribution >= 4 is 23.5 Å². The zero-order chi connectivity index (χ0) is 21.4. The lowest BCUT2D eigenvalue weighted by atomic mass is 9.94. The summed E-state index contributed by atoms with van der Waals surface area (Å²) in [5.41, 5.74) is 0.584. The van der Waals surface area contributed by atoms with Gasteiger partial charge >= 0.3 is 6.03 Å². The molecule has 31 heavy (non-hydrogen) atoms. The maximum absolute atomic E-state index is 12.8. The van der Waals surface area contributed by atoms with Crippen molar-refractivity contribution in [2.75, 3.05) is 5.32 Å². The minimum atomic E-state index is -0.811. The van der Waals surface area contributed by atoms with Crippen LogP contribution < -0.4 is 20.1 Å². The lowest BCUT2D eigenvalue weighted by molar-refractivity contribution is -0.131. The molecule has 0 aromatic heterocycles. The van der Waals surface area contributed by atoms with Gasteiger partial charge in [0.15, 0.2) is 11.5 Å². The van der Waals surface area contributed by atoms with E-state index in [2.05, 4.69) is 10.6 Å². The van der Waals surface area contributed by atoms with Gasteiger partial charge in [0.2, 0.25) is 5.91 Å². The summed E-state index contributed by atoms with van der Waals surface area (Å²) in [4.78, 5) is 39.0. The van der Waals surface area contributed by atoms with E-state index in [9.17, 15) is 14.4 Å². The Morgan fingerprint density at radius 3 is 2.52 bits per heavy atom. The molecule has 3 fully saturated rings. The number of urea groups is 1. The van der Waals surface area contributed by atoms with Crippen LogP contribution in [0.15, 0.2) is 18.2 Å². The van der Waals surface area contributed by atoms with E-state index in [1.165, 1.54) is 11.3 Å². The molecule has 1 spiro atoms. The number of hydrogen-bond acceptors (Lipinski definition) is 5. The molecule has 1 aromatic carbocycles. The van der Waals surface area contributed by atoms with Gasteiger partial charge in [0.25, 0.3) is 11.7 Å². The largest absolute Gasteiger partial charge is 0.448 e. The lowest BCUT2D eigenvalue weighted by Crippen LogP contribution is -2.42. The SMILES string of the molecule is O=C(CC1NC(=O)N(C2CCCCC2)C1=O)Nc1ccc2c(c1)OC1(CCCCC1)O2. The van der Waals surface area contributed by atoms with Gasteiger partial charge in [-0.05, 0) is 37.8 Å². The van der Waals surface area contributed by atoms with Gasteiger partial charge in [0, 0.05) is 30.6 Å². The number of benzene rings is 1. The zero-order valence-corrected chi connectivity index (χ0v) is 17.7. The average Bonchev–Trinajstić information content (AvgIpc) is 3.24. The monoisotopic (exact) mass is 427 g/mol. The molecule has 1 aromatic rings. The van der Waals surface area contributed by atoms with Crippen LogP contribution in [0.5, 0.6) is 11.5 Å². The van der Waals surface area contributed by atoms with Crippen LogP contribution >= 0.6 is 0 Å². The summed E-state index contributed by atoms with van der Waals surface area (Å²) in [7, 11) is 0. The maximum Gasteiger partial charge on any atom is 0.325 e. The van der Waals surface area contributed by atoms with Gasteiger partial charge in [-0.3, -0.25) is 14.5 Å². The molecule has 2 aliphatic carbocycles. The van der Waals surface area contributed by atoms with Gasteiger partial charge in [-0.2, -0.15) is 0 Å². The van der Waals surface area contributed by atoms with Gasteiger partial charge in [-0.15, -0.1) is 0 Å². The number of rotatable bonds is 4. The van der Waals surface area contributed by atoms with Gasteiger partial charge in [-0.1, -0.05) is 25.7 Å². The molecular weight excluding hydrogens is 398 g/mol. The number of hydrogen-bond donors (Lipinski definition) is 2. The first kappa shape index (κ1) is 20.2. The first-order valence-electron chi connectivity index (χ1n) is 11.5. The fourth-order valence-corrected chi connectivity index (χ4v) is 5.24. The molecular formula is C23H29N3O5. The Labute approximate surface area is 181 Å². The van der Waals surface area contributed by atoms with Crippen molar-refractivity contribution in [3.05, 3.63) is 18.2 Å². The molecule has 8 nitrogen and oxygen atoms in total. The number of nitrogens with zero attached hydrogens (tertiary/aromatic N) is 1. The predicted octanol–water partition coefficient (Wildman–Crippen LogP) is 3.70. The van der Waals surface area contributed by atoms with E-state index in [4.69, 9.17) is 9.47 Å². The molecule has 2 N–H and O–H groups in total. The molecule has 1 saturated heterocycles. The van der Waals surface area contributed by atoms with Crippen LogP contribution in [-0.4, -0.2) is 40.6 Å². The Bertz CT molecular complexity index is 889. The molecule has 2 saturated carbocycles. The Morgan fingerprint density at radius 2 is 1.74 bits per heavy atom. The van der Waals surface area contributed by atoms with Crippen molar-refractivity contribution in [1.29, 1.82) is 0 Å². The van der Waals surface area contributed by atoms with Gasteiger partial charge < -0.3 is 20.1 Å².